The first kappa shape index (κ1) is 10.7. The van der Waals surface area contributed by atoms with Gasteiger partial charge in [0.2, 0.25) is 0 Å². The molecule has 2 saturated carbocycles. The summed E-state index contributed by atoms with van der Waals surface area (Å²) in [5, 5.41) is 0. The highest BCUT2D eigenvalue weighted by Crippen LogP contribution is 2.58. The molecule has 0 aromatic rings. The van der Waals surface area contributed by atoms with Crippen molar-refractivity contribution in [2.75, 3.05) is 13.2 Å². The number of rotatable bonds is 0. The third kappa shape index (κ3) is 1.25. The molecule has 0 radical (unpaired) electrons. The molecule has 1 spiro atoms. The van der Waals surface area contributed by atoms with Gasteiger partial charge in [-0.1, -0.05) is 13.8 Å². The van der Waals surface area contributed by atoms with Crippen LogP contribution in [0.4, 0.5) is 0 Å². The SMILES string of the molecule is C[C@@H]1C2(CC[C@H]3CC(=O)C[C@]31C)OCCO2. The van der Waals surface area contributed by atoms with Crippen molar-refractivity contribution in [1.82, 2.24) is 0 Å². The largest absolute Gasteiger partial charge is 0.347 e. The van der Waals surface area contributed by atoms with E-state index in [1.165, 1.54) is 0 Å². The second kappa shape index (κ2) is 3.30. The van der Waals surface area contributed by atoms with E-state index in [4.69, 9.17) is 9.47 Å². The first-order chi connectivity index (χ1) is 7.57. The summed E-state index contributed by atoms with van der Waals surface area (Å²) in [7, 11) is 0. The van der Waals surface area contributed by atoms with E-state index in [-0.39, 0.29) is 11.2 Å². The molecule has 3 heteroatoms. The highest BCUT2D eigenvalue weighted by Gasteiger charge is 2.59. The molecule has 0 unspecified atom stereocenters. The van der Waals surface area contributed by atoms with Crippen LogP contribution in [0.15, 0.2) is 0 Å². The molecule has 2 aliphatic carbocycles. The average Bonchev–Trinajstić information content (AvgIpc) is 2.80. The van der Waals surface area contributed by atoms with Crippen LogP contribution in [-0.2, 0) is 14.3 Å². The quantitative estimate of drug-likeness (QED) is 0.632. The Kier molecular flexibility index (Phi) is 2.21. The summed E-state index contributed by atoms with van der Waals surface area (Å²) in [5.74, 6) is 0.922. The van der Waals surface area contributed by atoms with Gasteiger partial charge >= 0.3 is 0 Å². The second-order valence-electron chi connectivity index (χ2n) is 5.89. The van der Waals surface area contributed by atoms with E-state index >= 15 is 0 Å². The molecule has 3 aliphatic rings. The van der Waals surface area contributed by atoms with E-state index in [9.17, 15) is 4.79 Å². The fourth-order valence-electron chi connectivity index (χ4n) is 4.05. The Morgan fingerprint density at radius 3 is 2.69 bits per heavy atom. The summed E-state index contributed by atoms with van der Waals surface area (Å²) >= 11 is 0. The van der Waals surface area contributed by atoms with Crippen LogP contribution in [0.3, 0.4) is 0 Å². The lowest BCUT2D eigenvalue weighted by molar-refractivity contribution is -0.245. The first-order valence-electron chi connectivity index (χ1n) is 6.36. The van der Waals surface area contributed by atoms with Gasteiger partial charge in [-0.25, -0.2) is 0 Å². The number of carbonyl (C=O) groups is 1. The zero-order chi connectivity index (χ0) is 11.4. The highest BCUT2D eigenvalue weighted by atomic mass is 16.7. The standard InChI is InChI=1S/C13H20O3/c1-9-12(2)8-11(14)7-10(12)3-4-13(9)15-5-6-16-13/h9-10H,3-8H2,1-2H3/t9-,10-,12-/m0/s1. The smallest absolute Gasteiger partial charge is 0.171 e. The molecule has 1 saturated heterocycles. The molecule has 0 aromatic carbocycles. The van der Waals surface area contributed by atoms with E-state index in [1.54, 1.807) is 0 Å². The second-order valence-corrected chi connectivity index (χ2v) is 5.89. The molecule has 1 heterocycles. The molecule has 3 nitrogen and oxygen atoms in total. The molecule has 16 heavy (non-hydrogen) atoms. The maximum Gasteiger partial charge on any atom is 0.171 e. The van der Waals surface area contributed by atoms with Crippen LogP contribution < -0.4 is 0 Å². The summed E-state index contributed by atoms with van der Waals surface area (Å²) in [5.41, 5.74) is 0.0969. The maximum absolute atomic E-state index is 11.7. The van der Waals surface area contributed by atoms with Gasteiger partial charge < -0.3 is 9.47 Å². The van der Waals surface area contributed by atoms with Crippen molar-refractivity contribution in [3.8, 4) is 0 Å². The number of hydrogen-bond acceptors (Lipinski definition) is 3. The van der Waals surface area contributed by atoms with Crippen molar-refractivity contribution in [3.05, 3.63) is 0 Å². The number of fused-ring (bicyclic) bond motifs is 1. The van der Waals surface area contributed by atoms with E-state index in [2.05, 4.69) is 13.8 Å². The minimum Gasteiger partial charge on any atom is -0.347 e. The average molecular weight is 224 g/mol. The molecule has 0 bridgehead atoms. The summed E-state index contributed by atoms with van der Waals surface area (Å²) in [6.07, 6.45) is 3.53. The summed E-state index contributed by atoms with van der Waals surface area (Å²) in [6, 6.07) is 0. The van der Waals surface area contributed by atoms with E-state index in [0.29, 0.717) is 37.3 Å². The van der Waals surface area contributed by atoms with Crippen LogP contribution in [0.25, 0.3) is 0 Å². The number of Topliss-reactive ketones (excluding diaryl/α,β-unsaturated/α-hetero) is 1. The van der Waals surface area contributed by atoms with Crippen molar-refractivity contribution in [2.24, 2.45) is 17.3 Å². The molecule has 0 aromatic heterocycles. The van der Waals surface area contributed by atoms with Crippen LogP contribution in [0.5, 0.6) is 0 Å². The van der Waals surface area contributed by atoms with Crippen molar-refractivity contribution >= 4 is 5.78 Å². The van der Waals surface area contributed by atoms with Gasteiger partial charge in [-0.05, 0) is 17.8 Å². The van der Waals surface area contributed by atoms with Gasteiger partial charge in [0.05, 0.1) is 13.2 Å². The molecule has 3 rings (SSSR count). The Morgan fingerprint density at radius 1 is 1.31 bits per heavy atom. The normalized spacial score (nSPS) is 46.2. The lowest BCUT2D eigenvalue weighted by Crippen LogP contribution is -2.51. The van der Waals surface area contributed by atoms with Gasteiger partial charge in [-0.2, -0.15) is 0 Å². The predicted octanol–water partition coefficient (Wildman–Crippen LogP) is 2.14. The molecular weight excluding hydrogens is 204 g/mol. The van der Waals surface area contributed by atoms with Crippen LogP contribution in [0.2, 0.25) is 0 Å². The minimum atomic E-state index is -0.379. The van der Waals surface area contributed by atoms with Gasteiger partial charge in [0.15, 0.2) is 5.79 Å². The van der Waals surface area contributed by atoms with E-state index in [1.807, 2.05) is 0 Å². The predicted molar refractivity (Wildman–Crippen MR) is 58.9 cm³/mol. The minimum absolute atomic E-state index is 0.0969. The molecule has 1 aliphatic heterocycles. The summed E-state index contributed by atoms with van der Waals surface area (Å²) < 4.78 is 11.7. The zero-order valence-corrected chi connectivity index (χ0v) is 10.1. The third-order valence-electron chi connectivity index (χ3n) is 5.25. The van der Waals surface area contributed by atoms with Gasteiger partial charge in [-0.15, -0.1) is 0 Å². The topological polar surface area (TPSA) is 35.5 Å². The van der Waals surface area contributed by atoms with Crippen LogP contribution in [-0.4, -0.2) is 24.8 Å². The first-order valence-corrected chi connectivity index (χ1v) is 6.36. The van der Waals surface area contributed by atoms with E-state index in [0.717, 1.165) is 19.3 Å². The van der Waals surface area contributed by atoms with Crippen molar-refractivity contribution < 1.29 is 14.3 Å². The molecule has 0 N–H and O–H groups in total. The lowest BCUT2D eigenvalue weighted by Gasteiger charge is -2.50. The molecular formula is C13H20O3. The Bertz CT molecular complexity index is 319. The molecule has 3 atom stereocenters. The fraction of sp³-hybridized carbons (Fsp3) is 0.923. The lowest BCUT2D eigenvalue weighted by atomic mass is 9.61. The Hall–Kier alpha value is -0.410. The molecule has 3 fully saturated rings. The Morgan fingerprint density at radius 2 is 2.00 bits per heavy atom. The van der Waals surface area contributed by atoms with Crippen LogP contribution in [0, 0.1) is 17.3 Å². The maximum atomic E-state index is 11.7. The van der Waals surface area contributed by atoms with Crippen molar-refractivity contribution in [2.45, 2.75) is 45.3 Å². The van der Waals surface area contributed by atoms with Gasteiger partial charge in [0.1, 0.15) is 5.78 Å². The van der Waals surface area contributed by atoms with Crippen LogP contribution in [0.1, 0.15) is 39.5 Å². The van der Waals surface area contributed by atoms with Gasteiger partial charge in [0, 0.05) is 25.2 Å². The van der Waals surface area contributed by atoms with Gasteiger partial charge in [0.25, 0.3) is 0 Å². The molecule has 0 amide bonds. The Balaban J connectivity index is 1.92. The number of hydrogen-bond donors (Lipinski definition) is 0. The summed E-state index contributed by atoms with van der Waals surface area (Å²) in [4.78, 5) is 11.7. The van der Waals surface area contributed by atoms with E-state index < -0.39 is 0 Å². The highest BCUT2D eigenvalue weighted by molar-refractivity contribution is 5.82. The summed E-state index contributed by atoms with van der Waals surface area (Å²) in [6.45, 7) is 5.87. The zero-order valence-electron chi connectivity index (χ0n) is 10.1. The fourth-order valence-corrected chi connectivity index (χ4v) is 4.05. The number of ketones is 1. The molecule has 90 valence electrons. The van der Waals surface area contributed by atoms with Crippen molar-refractivity contribution in [3.63, 3.8) is 0 Å². The number of carbonyl (C=O) groups excluding carboxylic acids is 1. The van der Waals surface area contributed by atoms with Gasteiger partial charge in [-0.3, -0.25) is 4.79 Å². The third-order valence-corrected chi connectivity index (χ3v) is 5.25. The number of ether oxygens (including phenoxy) is 2. The van der Waals surface area contributed by atoms with Crippen molar-refractivity contribution in [1.29, 1.82) is 0 Å². The Labute approximate surface area is 96.5 Å². The monoisotopic (exact) mass is 224 g/mol. The van der Waals surface area contributed by atoms with Crippen LogP contribution >= 0.6 is 0 Å².